The van der Waals surface area contributed by atoms with Crippen molar-refractivity contribution < 1.29 is 9.18 Å². The molecule has 0 aliphatic carbocycles. The summed E-state index contributed by atoms with van der Waals surface area (Å²) in [6.45, 7) is 3.59. The van der Waals surface area contributed by atoms with Gasteiger partial charge in [-0.25, -0.2) is 4.39 Å². The van der Waals surface area contributed by atoms with E-state index in [2.05, 4.69) is 5.32 Å². The zero-order valence-electron chi connectivity index (χ0n) is 13.4. The largest absolute Gasteiger partial charge is 0.336 e. The first-order valence-corrected chi connectivity index (χ1v) is 8.73. The monoisotopic (exact) mass is 332 g/mol. The summed E-state index contributed by atoms with van der Waals surface area (Å²) in [6.07, 6.45) is 2.15. The van der Waals surface area contributed by atoms with E-state index in [1.165, 1.54) is 23.5 Å². The number of nitrogens with one attached hydrogen (secondary N) is 1. The fourth-order valence-electron chi connectivity index (χ4n) is 3.06. The maximum Gasteiger partial charge on any atom is 0.264 e. The van der Waals surface area contributed by atoms with Crippen LogP contribution in [0.2, 0.25) is 0 Å². The first-order valence-electron chi connectivity index (χ1n) is 7.91. The first kappa shape index (κ1) is 16.1. The molecular formula is C18H21FN2OS. The number of carbonyl (C=O) groups excluding carboxylic acids is 1. The molecule has 1 aliphatic rings. The molecule has 0 spiro atoms. The van der Waals surface area contributed by atoms with Crippen LogP contribution in [0.1, 0.15) is 27.4 Å². The van der Waals surface area contributed by atoms with Crippen LogP contribution in [0.15, 0.2) is 30.3 Å². The fraction of sp³-hybridized carbons (Fsp3) is 0.389. The van der Waals surface area contributed by atoms with Gasteiger partial charge in [-0.1, -0.05) is 12.1 Å². The summed E-state index contributed by atoms with van der Waals surface area (Å²) in [6, 6.07) is 8.75. The van der Waals surface area contributed by atoms with Crippen LogP contribution in [-0.2, 0) is 0 Å². The molecule has 1 fully saturated rings. The fourth-order valence-corrected chi connectivity index (χ4v) is 4.07. The van der Waals surface area contributed by atoms with Gasteiger partial charge in [0.15, 0.2) is 0 Å². The number of benzene rings is 1. The standard InChI is InChI=1S/C18H21FN2OS/c1-12-16(13-5-7-14(19)8-6-13)10-17(23-12)18(22)21-9-3-4-15(11-21)20-2/h5-8,10,15,20H,3-4,9,11H2,1-2H3. The summed E-state index contributed by atoms with van der Waals surface area (Å²) in [7, 11) is 1.95. The van der Waals surface area contributed by atoms with E-state index in [0.717, 1.165) is 46.8 Å². The molecule has 1 atom stereocenters. The molecule has 1 aromatic carbocycles. The molecule has 122 valence electrons. The smallest absolute Gasteiger partial charge is 0.264 e. The Balaban J connectivity index is 1.82. The van der Waals surface area contributed by atoms with E-state index in [0.29, 0.717) is 6.04 Å². The minimum Gasteiger partial charge on any atom is -0.336 e. The van der Waals surface area contributed by atoms with Crippen LogP contribution in [0.4, 0.5) is 4.39 Å². The molecule has 0 saturated carbocycles. The Labute approximate surface area is 140 Å². The first-order chi connectivity index (χ1) is 11.1. The number of halogens is 1. The summed E-state index contributed by atoms with van der Waals surface area (Å²) >= 11 is 1.52. The van der Waals surface area contributed by atoms with E-state index in [1.54, 1.807) is 12.1 Å². The maximum atomic E-state index is 13.1. The minimum absolute atomic E-state index is 0.103. The van der Waals surface area contributed by atoms with Gasteiger partial charge in [-0.15, -0.1) is 11.3 Å². The van der Waals surface area contributed by atoms with Crippen molar-refractivity contribution in [2.45, 2.75) is 25.8 Å². The van der Waals surface area contributed by atoms with Gasteiger partial charge in [-0.05, 0) is 56.1 Å². The molecule has 1 unspecified atom stereocenters. The average molecular weight is 332 g/mol. The second kappa shape index (κ2) is 6.81. The zero-order valence-corrected chi connectivity index (χ0v) is 14.3. The van der Waals surface area contributed by atoms with Crippen molar-refractivity contribution in [1.29, 1.82) is 0 Å². The number of likely N-dealkylation sites (tertiary alicyclic amines) is 1. The molecule has 3 rings (SSSR count). The molecule has 2 heterocycles. The van der Waals surface area contributed by atoms with Gasteiger partial charge < -0.3 is 10.2 Å². The van der Waals surface area contributed by atoms with Gasteiger partial charge in [0.05, 0.1) is 4.88 Å². The van der Waals surface area contributed by atoms with E-state index in [1.807, 2.05) is 24.9 Å². The number of carbonyl (C=O) groups is 1. The molecule has 0 bridgehead atoms. The van der Waals surface area contributed by atoms with Crippen molar-refractivity contribution in [3.8, 4) is 11.1 Å². The summed E-state index contributed by atoms with van der Waals surface area (Å²) in [4.78, 5) is 16.5. The van der Waals surface area contributed by atoms with Crippen LogP contribution in [0.25, 0.3) is 11.1 Å². The number of amides is 1. The van der Waals surface area contributed by atoms with E-state index >= 15 is 0 Å². The van der Waals surface area contributed by atoms with E-state index in [4.69, 9.17) is 0 Å². The number of thiophene rings is 1. The molecule has 5 heteroatoms. The number of aryl methyl sites for hydroxylation is 1. The number of hydrogen-bond donors (Lipinski definition) is 1. The number of piperidine rings is 1. The molecule has 1 saturated heterocycles. The van der Waals surface area contributed by atoms with Crippen LogP contribution in [0, 0.1) is 12.7 Å². The Hall–Kier alpha value is -1.72. The van der Waals surface area contributed by atoms with E-state index in [9.17, 15) is 9.18 Å². The highest BCUT2D eigenvalue weighted by atomic mass is 32.1. The minimum atomic E-state index is -0.246. The quantitative estimate of drug-likeness (QED) is 0.930. The van der Waals surface area contributed by atoms with Crippen LogP contribution in [0.5, 0.6) is 0 Å². The summed E-state index contributed by atoms with van der Waals surface area (Å²) in [5.74, 6) is -0.143. The normalized spacial score (nSPS) is 18.2. The van der Waals surface area contributed by atoms with Crippen molar-refractivity contribution in [2.75, 3.05) is 20.1 Å². The van der Waals surface area contributed by atoms with Crippen LogP contribution in [0.3, 0.4) is 0 Å². The van der Waals surface area contributed by atoms with Crippen LogP contribution >= 0.6 is 11.3 Å². The predicted molar refractivity (Wildman–Crippen MR) is 92.4 cm³/mol. The van der Waals surface area contributed by atoms with E-state index in [-0.39, 0.29) is 11.7 Å². The molecule has 1 aromatic heterocycles. The Morgan fingerprint density at radius 1 is 1.35 bits per heavy atom. The molecule has 1 amide bonds. The highest BCUT2D eigenvalue weighted by molar-refractivity contribution is 7.14. The lowest BCUT2D eigenvalue weighted by atomic mass is 10.0. The highest BCUT2D eigenvalue weighted by Gasteiger charge is 2.25. The van der Waals surface area contributed by atoms with Crippen molar-refractivity contribution in [2.24, 2.45) is 0 Å². The van der Waals surface area contributed by atoms with Gasteiger partial charge in [0, 0.05) is 24.0 Å². The molecule has 1 aliphatic heterocycles. The zero-order chi connectivity index (χ0) is 16.4. The topological polar surface area (TPSA) is 32.3 Å². The second-order valence-corrected chi connectivity index (χ2v) is 7.22. The number of likely N-dealkylation sites (N-methyl/N-ethyl adjacent to an activating group) is 1. The lowest BCUT2D eigenvalue weighted by Gasteiger charge is -2.32. The second-order valence-electron chi connectivity index (χ2n) is 5.97. The van der Waals surface area contributed by atoms with E-state index < -0.39 is 0 Å². The molecule has 2 aromatic rings. The van der Waals surface area contributed by atoms with Gasteiger partial charge in [0.25, 0.3) is 5.91 Å². The van der Waals surface area contributed by atoms with Gasteiger partial charge in [0.2, 0.25) is 0 Å². The molecular weight excluding hydrogens is 311 g/mol. The lowest BCUT2D eigenvalue weighted by molar-refractivity contribution is 0.0703. The van der Waals surface area contributed by atoms with Gasteiger partial charge in [-0.2, -0.15) is 0 Å². The number of rotatable bonds is 3. The third kappa shape index (κ3) is 3.46. The third-order valence-electron chi connectivity index (χ3n) is 4.40. The van der Waals surface area contributed by atoms with Crippen LogP contribution in [-0.4, -0.2) is 37.0 Å². The SMILES string of the molecule is CNC1CCCN(C(=O)c2cc(-c3ccc(F)cc3)c(C)s2)C1. The summed E-state index contributed by atoms with van der Waals surface area (Å²) in [5, 5.41) is 3.26. The molecule has 1 N–H and O–H groups in total. The number of nitrogens with zero attached hydrogens (tertiary/aromatic N) is 1. The highest BCUT2D eigenvalue weighted by Crippen LogP contribution is 2.32. The Bertz CT molecular complexity index is 696. The van der Waals surface area contributed by atoms with Crippen molar-refractivity contribution in [3.05, 3.63) is 45.9 Å². The summed E-state index contributed by atoms with van der Waals surface area (Å²) in [5.41, 5.74) is 1.96. The third-order valence-corrected chi connectivity index (χ3v) is 5.44. The predicted octanol–water partition coefficient (Wildman–Crippen LogP) is 3.69. The Morgan fingerprint density at radius 2 is 2.09 bits per heavy atom. The van der Waals surface area contributed by atoms with Gasteiger partial charge >= 0.3 is 0 Å². The molecule has 3 nitrogen and oxygen atoms in total. The van der Waals surface area contributed by atoms with Crippen LogP contribution < -0.4 is 5.32 Å². The van der Waals surface area contributed by atoms with Gasteiger partial charge in [0.1, 0.15) is 5.82 Å². The Morgan fingerprint density at radius 3 is 2.78 bits per heavy atom. The summed E-state index contributed by atoms with van der Waals surface area (Å²) < 4.78 is 13.1. The maximum absolute atomic E-state index is 13.1. The lowest BCUT2D eigenvalue weighted by Crippen LogP contribution is -2.46. The number of hydrogen-bond acceptors (Lipinski definition) is 3. The van der Waals surface area contributed by atoms with Gasteiger partial charge in [-0.3, -0.25) is 4.79 Å². The van der Waals surface area contributed by atoms with Crippen molar-refractivity contribution in [3.63, 3.8) is 0 Å². The Kier molecular flexibility index (Phi) is 4.78. The average Bonchev–Trinajstić information content (AvgIpc) is 2.97. The molecule has 0 radical (unpaired) electrons. The van der Waals surface area contributed by atoms with Crippen molar-refractivity contribution >= 4 is 17.2 Å². The van der Waals surface area contributed by atoms with Crippen molar-refractivity contribution in [1.82, 2.24) is 10.2 Å². The molecule has 23 heavy (non-hydrogen) atoms.